The molecule has 0 aliphatic rings. The van der Waals surface area contributed by atoms with Crippen molar-refractivity contribution >= 4 is 22.4 Å². The predicted octanol–water partition coefficient (Wildman–Crippen LogP) is 4.37. The first kappa shape index (κ1) is 21.0. The number of nitro groups is 1. The third-order valence-electron chi connectivity index (χ3n) is 5.08. The van der Waals surface area contributed by atoms with Crippen molar-refractivity contribution in [1.82, 2.24) is 4.98 Å². The first-order valence-electron chi connectivity index (χ1n) is 9.39. The molecule has 1 aromatic heterocycles. The fraction of sp³-hybridized carbons (Fsp3) is 0.273. The predicted molar refractivity (Wildman–Crippen MR) is 111 cm³/mol. The molecule has 3 rings (SSSR count). The van der Waals surface area contributed by atoms with Crippen molar-refractivity contribution in [1.29, 1.82) is 0 Å². The minimum absolute atomic E-state index is 0.0436. The standard InChI is InChI=1S/C22H22N2O6/c1-4-14(25)11-16(13-7-8-19(29-2)20(10-13)30-3)17-12-18(24(27)28)15-6-5-9-23-21(15)22(17)26/h5-10,12,16,26H,4,11H2,1-3H3. The van der Waals surface area contributed by atoms with E-state index in [4.69, 9.17) is 9.47 Å². The van der Waals surface area contributed by atoms with Gasteiger partial charge in [-0.05, 0) is 29.8 Å². The molecule has 1 unspecified atom stereocenters. The van der Waals surface area contributed by atoms with Gasteiger partial charge in [0.2, 0.25) is 0 Å². The van der Waals surface area contributed by atoms with Gasteiger partial charge in [-0.2, -0.15) is 0 Å². The smallest absolute Gasteiger partial charge is 0.279 e. The van der Waals surface area contributed by atoms with E-state index in [9.17, 15) is 20.0 Å². The highest BCUT2D eigenvalue weighted by Gasteiger charge is 2.27. The van der Waals surface area contributed by atoms with E-state index in [2.05, 4.69) is 4.98 Å². The molecule has 0 radical (unpaired) electrons. The van der Waals surface area contributed by atoms with Gasteiger partial charge in [0.05, 0.1) is 24.5 Å². The van der Waals surface area contributed by atoms with Crippen molar-refractivity contribution in [3.05, 3.63) is 63.8 Å². The van der Waals surface area contributed by atoms with Crippen LogP contribution in [0.25, 0.3) is 10.9 Å². The molecule has 8 nitrogen and oxygen atoms in total. The molecule has 2 aromatic carbocycles. The maximum absolute atomic E-state index is 12.4. The molecule has 30 heavy (non-hydrogen) atoms. The molecule has 0 aliphatic heterocycles. The maximum Gasteiger partial charge on any atom is 0.279 e. The van der Waals surface area contributed by atoms with Crippen molar-refractivity contribution in [2.45, 2.75) is 25.7 Å². The SMILES string of the molecule is CCC(=O)CC(c1ccc(OC)c(OC)c1)c1cc([N+](=O)[O-])c2cccnc2c1O. The van der Waals surface area contributed by atoms with E-state index in [1.165, 1.54) is 32.5 Å². The topological polar surface area (TPSA) is 112 Å². The maximum atomic E-state index is 12.4. The van der Waals surface area contributed by atoms with Gasteiger partial charge in [-0.1, -0.05) is 13.0 Å². The Balaban J connectivity index is 2.27. The summed E-state index contributed by atoms with van der Waals surface area (Å²) in [6.45, 7) is 1.75. The second kappa shape index (κ2) is 8.77. The van der Waals surface area contributed by atoms with Gasteiger partial charge < -0.3 is 14.6 Å². The van der Waals surface area contributed by atoms with Gasteiger partial charge in [0.1, 0.15) is 17.0 Å². The number of carbonyl (C=O) groups excluding carboxylic acids is 1. The quantitative estimate of drug-likeness (QED) is 0.433. The molecule has 1 atom stereocenters. The van der Waals surface area contributed by atoms with Crippen molar-refractivity contribution < 1.29 is 24.3 Å². The number of carbonyl (C=O) groups is 1. The number of nitro benzene ring substituents is 1. The average Bonchev–Trinajstić information content (AvgIpc) is 2.77. The molecular weight excluding hydrogens is 388 g/mol. The van der Waals surface area contributed by atoms with E-state index in [-0.39, 0.29) is 40.1 Å². The van der Waals surface area contributed by atoms with Crippen molar-refractivity contribution in [2.24, 2.45) is 0 Å². The molecule has 0 spiro atoms. The Bertz CT molecular complexity index is 1110. The van der Waals surface area contributed by atoms with Crippen LogP contribution in [0, 0.1) is 10.1 Å². The van der Waals surface area contributed by atoms with E-state index in [0.717, 1.165) is 0 Å². The van der Waals surface area contributed by atoms with E-state index >= 15 is 0 Å². The molecule has 1 N–H and O–H groups in total. The Morgan fingerprint density at radius 1 is 1.20 bits per heavy atom. The van der Waals surface area contributed by atoms with Crippen LogP contribution in [0.15, 0.2) is 42.6 Å². The first-order valence-corrected chi connectivity index (χ1v) is 9.39. The Hall–Kier alpha value is -3.68. The number of ketones is 1. The van der Waals surface area contributed by atoms with Gasteiger partial charge in [-0.3, -0.25) is 19.9 Å². The Kier molecular flexibility index (Phi) is 6.15. The number of nitrogens with zero attached hydrogens (tertiary/aromatic N) is 2. The minimum atomic E-state index is -0.623. The summed E-state index contributed by atoms with van der Waals surface area (Å²) >= 11 is 0. The van der Waals surface area contributed by atoms with Crippen molar-refractivity contribution in [2.75, 3.05) is 14.2 Å². The molecular formula is C22H22N2O6. The number of Topliss-reactive ketones (excluding diaryl/α,β-unsaturated/α-hetero) is 1. The van der Waals surface area contributed by atoms with E-state index in [1.807, 2.05) is 0 Å². The van der Waals surface area contributed by atoms with Crippen molar-refractivity contribution in [3.63, 3.8) is 0 Å². The van der Waals surface area contributed by atoms with Crippen LogP contribution >= 0.6 is 0 Å². The highest BCUT2D eigenvalue weighted by molar-refractivity contribution is 5.94. The van der Waals surface area contributed by atoms with Gasteiger partial charge in [0, 0.05) is 36.6 Å². The summed E-state index contributed by atoms with van der Waals surface area (Å²) in [5.74, 6) is 0.120. The van der Waals surface area contributed by atoms with Crippen LogP contribution in [0.3, 0.4) is 0 Å². The fourth-order valence-electron chi connectivity index (χ4n) is 3.50. The zero-order chi connectivity index (χ0) is 21.8. The Labute approximate surface area is 173 Å². The number of pyridine rings is 1. The lowest BCUT2D eigenvalue weighted by molar-refractivity contribution is -0.383. The number of phenolic OH excluding ortho intramolecular Hbond substituents is 1. The van der Waals surface area contributed by atoms with Gasteiger partial charge in [0.25, 0.3) is 5.69 Å². The van der Waals surface area contributed by atoms with Crippen LogP contribution in [-0.4, -0.2) is 35.0 Å². The zero-order valence-electron chi connectivity index (χ0n) is 16.9. The number of fused-ring (bicyclic) bond motifs is 1. The van der Waals surface area contributed by atoms with E-state index in [1.54, 1.807) is 31.2 Å². The second-order valence-corrected chi connectivity index (χ2v) is 6.75. The van der Waals surface area contributed by atoms with Gasteiger partial charge in [-0.15, -0.1) is 0 Å². The van der Waals surface area contributed by atoms with E-state index in [0.29, 0.717) is 23.5 Å². The van der Waals surface area contributed by atoms with Crippen LogP contribution in [0.5, 0.6) is 17.2 Å². The summed E-state index contributed by atoms with van der Waals surface area (Å²) in [5.41, 5.74) is 0.868. The number of hydrogen-bond donors (Lipinski definition) is 1. The number of ether oxygens (including phenoxy) is 2. The highest BCUT2D eigenvalue weighted by Crippen LogP contribution is 2.43. The average molecular weight is 410 g/mol. The molecule has 0 amide bonds. The summed E-state index contributed by atoms with van der Waals surface area (Å²) in [7, 11) is 3.01. The lowest BCUT2D eigenvalue weighted by atomic mass is 9.85. The molecule has 0 aliphatic carbocycles. The minimum Gasteiger partial charge on any atom is -0.505 e. The van der Waals surface area contributed by atoms with Crippen LogP contribution in [-0.2, 0) is 4.79 Å². The van der Waals surface area contributed by atoms with Crippen molar-refractivity contribution in [3.8, 4) is 17.2 Å². The number of benzene rings is 2. The lowest BCUT2D eigenvalue weighted by Gasteiger charge is -2.20. The number of phenols is 1. The third kappa shape index (κ3) is 3.89. The molecule has 0 saturated carbocycles. The summed E-state index contributed by atoms with van der Waals surface area (Å²) in [5, 5.41) is 22.9. The van der Waals surface area contributed by atoms with Crippen LogP contribution in [0.4, 0.5) is 5.69 Å². The number of non-ortho nitro benzene ring substituents is 1. The fourth-order valence-corrected chi connectivity index (χ4v) is 3.50. The molecule has 0 fully saturated rings. The Morgan fingerprint density at radius 2 is 1.93 bits per heavy atom. The largest absolute Gasteiger partial charge is 0.505 e. The molecule has 0 bridgehead atoms. The van der Waals surface area contributed by atoms with Crippen LogP contribution in [0.1, 0.15) is 36.8 Å². The second-order valence-electron chi connectivity index (χ2n) is 6.75. The normalized spacial score (nSPS) is 11.8. The number of aromatic nitrogens is 1. The van der Waals surface area contributed by atoms with E-state index < -0.39 is 10.8 Å². The lowest BCUT2D eigenvalue weighted by Crippen LogP contribution is -2.10. The van der Waals surface area contributed by atoms with Gasteiger partial charge in [-0.25, -0.2) is 0 Å². The number of hydrogen-bond acceptors (Lipinski definition) is 7. The first-order chi connectivity index (χ1) is 14.4. The van der Waals surface area contributed by atoms with Gasteiger partial charge in [0.15, 0.2) is 11.5 Å². The molecule has 156 valence electrons. The summed E-state index contributed by atoms with van der Waals surface area (Å²) in [6, 6.07) is 9.59. The van der Waals surface area contributed by atoms with Gasteiger partial charge >= 0.3 is 0 Å². The summed E-state index contributed by atoms with van der Waals surface area (Å²) in [6.07, 6.45) is 1.83. The molecule has 8 heteroatoms. The number of methoxy groups -OCH3 is 2. The zero-order valence-corrected chi connectivity index (χ0v) is 16.9. The molecule has 1 heterocycles. The molecule has 3 aromatic rings. The van der Waals surface area contributed by atoms with Crippen LogP contribution < -0.4 is 9.47 Å². The molecule has 0 saturated heterocycles. The monoisotopic (exact) mass is 410 g/mol. The summed E-state index contributed by atoms with van der Waals surface area (Å²) in [4.78, 5) is 27.7. The number of aromatic hydroxyl groups is 1. The highest BCUT2D eigenvalue weighted by atomic mass is 16.6. The number of rotatable bonds is 8. The van der Waals surface area contributed by atoms with Crippen LogP contribution in [0.2, 0.25) is 0 Å². The Morgan fingerprint density at radius 3 is 2.57 bits per heavy atom. The third-order valence-corrected chi connectivity index (χ3v) is 5.08. The summed E-state index contributed by atoms with van der Waals surface area (Å²) < 4.78 is 10.6.